The first-order chi connectivity index (χ1) is 13.7. The molecule has 146 valence electrons. The molecule has 1 fully saturated rings. The van der Waals surface area contributed by atoms with Crippen LogP contribution in [0, 0.1) is 0 Å². The Kier molecular flexibility index (Phi) is 5.74. The van der Waals surface area contributed by atoms with Gasteiger partial charge in [-0.3, -0.25) is 9.58 Å². The van der Waals surface area contributed by atoms with Crippen molar-refractivity contribution in [1.82, 2.24) is 14.7 Å². The molecule has 28 heavy (non-hydrogen) atoms. The van der Waals surface area contributed by atoms with Crippen LogP contribution in [0.3, 0.4) is 0 Å². The van der Waals surface area contributed by atoms with E-state index in [4.69, 9.17) is 14.6 Å². The number of likely N-dealkylation sites (tertiary alicyclic amines) is 1. The monoisotopic (exact) mass is 377 g/mol. The lowest BCUT2D eigenvalue weighted by Gasteiger charge is -2.31. The normalized spacial score (nSPS) is 17.6. The fourth-order valence-corrected chi connectivity index (χ4v) is 3.79. The first-order valence-corrected chi connectivity index (χ1v) is 9.82. The molecule has 0 spiro atoms. The molecule has 1 aromatic heterocycles. The number of nitrogens with zero attached hydrogens (tertiary/aromatic N) is 3. The maximum absolute atomic E-state index is 5.90. The Bertz CT molecular complexity index is 890. The fraction of sp³-hybridized carbons (Fsp3) is 0.348. The highest BCUT2D eigenvalue weighted by Crippen LogP contribution is 2.28. The predicted octanol–water partition coefficient (Wildman–Crippen LogP) is 4.49. The van der Waals surface area contributed by atoms with E-state index in [1.54, 1.807) is 0 Å². The molecule has 0 amide bonds. The van der Waals surface area contributed by atoms with Gasteiger partial charge in [-0.25, -0.2) is 0 Å². The smallest absolute Gasteiger partial charge is 0.127 e. The van der Waals surface area contributed by atoms with Gasteiger partial charge in [-0.15, -0.1) is 0 Å². The molecule has 0 aliphatic carbocycles. The van der Waals surface area contributed by atoms with Crippen LogP contribution in [0.5, 0.6) is 11.5 Å². The van der Waals surface area contributed by atoms with Crippen molar-refractivity contribution in [2.75, 3.05) is 20.2 Å². The molecule has 0 radical (unpaired) electrons. The lowest BCUT2D eigenvalue weighted by Crippen LogP contribution is -2.38. The van der Waals surface area contributed by atoms with E-state index in [1.165, 1.54) is 12.0 Å². The number of hydrogen-bond donors (Lipinski definition) is 0. The van der Waals surface area contributed by atoms with Gasteiger partial charge >= 0.3 is 0 Å². The minimum absolute atomic E-state index is 0.336. The number of hydrogen-bond acceptors (Lipinski definition) is 4. The molecule has 0 saturated carbocycles. The van der Waals surface area contributed by atoms with E-state index in [-0.39, 0.29) is 0 Å². The zero-order chi connectivity index (χ0) is 19.3. The standard InChI is InChI=1S/C23H27N3O2/c1-25-15-19(16-26-14-6-9-22(17-26)27-2)23(24-25)18-10-12-21(13-11-18)28-20-7-4-3-5-8-20/h3-5,7-8,10-13,15,22H,6,9,14,16-17H2,1-2H3/t22-/m1/s1. The van der Waals surface area contributed by atoms with E-state index in [9.17, 15) is 0 Å². The highest BCUT2D eigenvalue weighted by molar-refractivity contribution is 5.63. The Morgan fingerprint density at radius 2 is 1.79 bits per heavy atom. The molecule has 0 unspecified atom stereocenters. The van der Waals surface area contributed by atoms with Crippen molar-refractivity contribution in [3.8, 4) is 22.8 Å². The Morgan fingerprint density at radius 1 is 1.04 bits per heavy atom. The average Bonchev–Trinajstić information content (AvgIpc) is 3.09. The lowest BCUT2D eigenvalue weighted by atomic mass is 10.0. The summed E-state index contributed by atoms with van der Waals surface area (Å²) in [7, 11) is 3.79. The second-order valence-corrected chi connectivity index (χ2v) is 7.35. The summed E-state index contributed by atoms with van der Waals surface area (Å²) < 4.78 is 13.4. The molecule has 1 aliphatic heterocycles. The molecule has 1 atom stereocenters. The van der Waals surface area contributed by atoms with Gasteiger partial charge in [-0.2, -0.15) is 5.10 Å². The summed E-state index contributed by atoms with van der Waals surface area (Å²) in [6, 6.07) is 18.0. The van der Waals surface area contributed by atoms with Gasteiger partial charge in [0.25, 0.3) is 0 Å². The van der Waals surface area contributed by atoms with E-state index < -0.39 is 0 Å². The van der Waals surface area contributed by atoms with Gasteiger partial charge in [0.1, 0.15) is 11.5 Å². The van der Waals surface area contributed by atoms with Gasteiger partial charge in [0.2, 0.25) is 0 Å². The first-order valence-electron chi connectivity index (χ1n) is 9.82. The summed E-state index contributed by atoms with van der Waals surface area (Å²) in [5.74, 6) is 1.66. The third kappa shape index (κ3) is 4.43. The number of para-hydroxylation sites is 1. The van der Waals surface area contributed by atoms with Crippen LogP contribution in [0.2, 0.25) is 0 Å². The SMILES string of the molecule is CO[C@@H]1CCCN(Cc2cn(C)nc2-c2ccc(Oc3ccccc3)cc2)C1. The third-order valence-electron chi connectivity index (χ3n) is 5.20. The highest BCUT2D eigenvalue weighted by atomic mass is 16.5. The van der Waals surface area contributed by atoms with E-state index >= 15 is 0 Å². The van der Waals surface area contributed by atoms with Crippen molar-refractivity contribution in [2.24, 2.45) is 7.05 Å². The van der Waals surface area contributed by atoms with E-state index in [0.29, 0.717) is 6.10 Å². The number of ether oxygens (including phenoxy) is 2. The van der Waals surface area contributed by atoms with Gasteiger partial charge in [0.15, 0.2) is 0 Å². The van der Waals surface area contributed by atoms with Crippen molar-refractivity contribution in [2.45, 2.75) is 25.5 Å². The van der Waals surface area contributed by atoms with Crippen molar-refractivity contribution in [1.29, 1.82) is 0 Å². The Morgan fingerprint density at radius 3 is 2.54 bits per heavy atom. The van der Waals surface area contributed by atoms with E-state index in [2.05, 4.69) is 23.2 Å². The van der Waals surface area contributed by atoms with Crippen LogP contribution in [0.1, 0.15) is 18.4 Å². The number of methoxy groups -OCH3 is 1. The third-order valence-corrected chi connectivity index (χ3v) is 5.20. The quantitative estimate of drug-likeness (QED) is 0.634. The Balaban J connectivity index is 1.50. The fourth-order valence-electron chi connectivity index (χ4n) is 3.79. The van der Waals surface area contributed by atoms with Crippen LogP contribution in [0.15, 0.2) is 60.8 Å². The van der Waals surface area contributed by atoms with Crippen molar-refractivity contribution in [3.63, 3.8) is 0 Å². The average molecular weight is 377 g/mol. The molecule has 0 bridgehead atoms. The topological polar surface area (TPSA) is 39.5 Å². The zero-order valence-electron chi connectivity index (χ0n) is 16.5. The molecule has 2 heterocycles. The second-order valence-electron chi connectivity index (χ2n) is 7.35. The van der Waals surface area contributed by atoms with Gasteiger partial charge in [-0.05, 0) is 55.8 Å². The Hall–Kier alpha value is -2.63. The molecule has 0 N–H and O–H groups in total. The number of aromatic nitrogens is 2. The molecular formula is C23H27N3O2. The van der Waals surface area contributed by atoms with Crippen molar-refractivity contribution in [3.05, 3.63) is 66.4 Å². The minimum atomic E-state index is 0.336. The molecule has 1 aliphatic rings. The summed E-state index contributed by atoms with van der Waals surface area (Å²) in [6.45, 7) is 2.98. The van der Waals surface area contributed by atoms with Crippen LogP contribution in [0.25, 0.3) is 11.3 Å². The maximum atomic E-state index is 5.90. The number of rotatable bonds is 6. The van der Waals surface area contributed by atoms with Crippen LogP contribution in [-0.4, -0.2) is 41.0 Å². The van der Waals surface area contributed by atoms with Gasteiger partial charge in [0.05, 0.1) is 11.8 Å². The molecule has 3 aromatic rings. The second kappa shape index (κ2) is 8.59. The number of benzene rings is 2. The molecule has 5 heteroatoms. The van der Waals surface area contributed by atoms with Crippen LogP contribution in [-0.2, 0) is 18.3 Å². The van der Waals surface area contributed by atoms with Gasteiger partial charge in [-0.1, -0.05) is 18.2 Å². The highest BCUT2D eigenvalue weighted by Gasteiger charge is 2.21. The van der Waals surface area contributed by atoms with E-state index in [0.717, 1.165) is 48.8 Å². The lowest BCUT2D eigenvalue weighted by molar-refractivity contribution is 0.0286. The number of aryl methyl sites for hydroxylation is 1. The molecular weight excluding hydrogens is 350 g/mol. The van der Waals surface area contributed by atoms with Crippen LogP contribution in [0.4, 0.5) is 0 Å². The summed E-state index contributed by atoms with van der Waals surface area (Å²) in [6.07, 6.45) is 4.79. The van der Waals surface area contributed by atoms with Crippen molar-refractivity contribution >= 4 is 0 Å². The van der Waals surface area contributed by atoms with Gasteiger partial charge < -0.3 is 9.47 Å². The summed E-state index contributed by atoms with van der Waals surface area (Å²) in [4.78, 5) is 2.46. The summed E-state index contributed by atoms with van der Waals surface area (Å²) >= 11 is 0. The molecule has 4 rings (SSSR count). The largest absolute Gasteiger partial charge is 0.457 e. The summed E-state index contributed by atoms with van der Waals surface area (Å²) in [5, 5.41) is 4.72. The van der Waals surface area contributed by atoms with Crippen LogP contribution >= 0.6 is 0 Å². The minimum Gasteiger partial charge on any atom is -0.457 e. The molecule has 1 saturated heterocycles. The van der Waals surface area contributed by atoms with Crippen molar-refractivity contribution < 1.29 is 9.47 Å². The zero-order valence-corrected chi connectivity index (χ0v) is 16.5. The summed E-state index contributed by atoms with van der Waals surface area (Å²) in [5.41, 5.74) is 3.39. The van der Waals surface area contributed by atoms with Crippen LogP contribution < -0.4 is 4.74 Å². The first kappa shape index (κ1) is 18.7. The van der Waals surface area contributed by atoms with E-state index in [1.807, 2.05) is 61.3 Å². The van der Waals surface area contributed by atoms with Gasteiger partial charge in [0, 0.05) is 44.6 Å². The predicted molar refractivity (Wildman–Crippen MR) is 110 cm³/mol. The molecule has 2 aromatic carbocycles. The Labute approximate surface area is 166 Å². The molecule has 5 nitrogen and oxygen atoms in total. The maximum Gasteiger partial charge on any atom is 0.127 e. The number of piperidine rings is 1.